The zero-order valence-electron chi connectivity index (χ0n) is 13.2. The molecule has 0 atom stereocenters. The molecule has 0 saturated carbocycles. The molecule has 0 bridgehead atoms. The molecule has 0 radical (unpaired) electrons. The quantitative estimate of drug-likeness (QED) is 0.800. The number of hydrogen-bond acceptors (Lipinski definition) is 4. The van der Waals surface area contributed by atoms with Crippen molar-refractivity contribution in [3.05, 3.63) is 46.8 Å². The summed E-state index contributed by atoms with van der Waals surface area (Å²) in [5, 5.41) is 18.9. The molecule has 1 aromatic heterocycles. The average Bonchev–Trinajstić information content (AvgIpc) is 2.88. The number of amides is 1. The van der Waals surface area contributed by atoms with E-state index in [1.165, 1.54) is 22.0 Å². The van der Waals surface area contributed by atoms with Crippen molar-refractivity contribution in [2.45, 2.75) is 39.8 Å². The molecule has 7 heteroatoms. The van der Waals surface area contributed by atoms with Gasteiger partial charge in [-0.15, -0.1) is 5.10 Å². The summed E-state index contributed by atoms with van der Waals surface area (Å²) < 4.78 is 1.22. The van der Waals surface area contributed by atoms with Crippen LogP contribution in [0.25, 0.3) is 0 Å². The molecular formula is C16H20N4O3. The first-order valence-corrected chi connectivity index (χ1v) is 7.37. The van der Waals surface area contributed by atoms with E-state index >= 15 is 0 Å². The first-order chi connectivity index (χ1) is 10.9. The number of nitrogens with zero attached hydrogens (tertiary/aromatic N) is 3. The summed E-state index contributed by atoms with van der Waals surface area (Å²) >= 11 is 0. The Labute approximate surface area is 134 Å². The third-order valence-corrected chi connectivity index (χ3v) is 3.27. The van der Waals surface area contributed by atoms with Gasteiger partial charge in [-0.25, -0.2) is 4.68 Å². The smallest absolute Gasteiger partial charge is 0.325 e. The molecule has 0 aliphatic carbocycles. The highest BCUT2D eigenvalue weighted by molar-refractivity contribution is 5.76. The van der Waals surface area contributed by atoms with Gasteiger partial charge in [-0.3, -0.25) is 9.59 Å². The maximum Gasteiger partial charge on any atom is 0.325 e. The number of hydrogen-bond donors (Lipinski definition) is 2. The van der Waals surface area contributed by atoms with Crippen LogP contribution in [-0.2, 0) is 29.1 Å². The van der Waals surface area contributed by atoms with Crippen LogP contribution in [0.15, 0.2) is 24.4 Å². The number of carbonyl (C=O) groups excluding carboxylic acids is 1. The number of carboxylic acids is 1. The van der Waals surface area contributed by atoms with E-state index in [1.54, 1.807) is 0 Å². The Morgan fingerprint density at radius 1 is 1.22 bits per heavy atom. The fourth-order valence-corrected chi connectivity index (χ4v) is 2.38. The summed E-state index contributed by atoms with van der Waals surface area (Å²) in [6, 6.07) is 6.26. The fourth-order valence-electron chi connectivity index (χ4n) is 2.38. The molecule has 2 aromatic rings. The number of aromatic nitrogens is 3. The van der Waals surface area contributed by atoms with E-state index in [2.05, 4.69) is 33.8 Å². The minimum atomic E-state index is -0.987. The summed E-state index contributed by atoms with van der Waals surface area (Å²) in [4.78, 5) is 22.4. The Kier molecular flexibility index (Phi) is 5.46. The summed E-state index contributed by atoms with van der Waals surface area (Å²) in [6.45, 7) is 4.08. The molecule has 1 aromatic carbocycles. The molecule has 0 fully saturated rings. The maximum atomic E-state index is 11.9. The lowest BCUT2D eigenvalue weighted by Gasteiger charge is -2.06. The van der Waals surface area contributed by atoms with Crippen LogP contribution in [0.2, 0.25) is 0 Å². The van der Waals surface area contributed by atoms with Gasteiger partial charge >= 0.3 is 5.97 Å². The normalized spacial score (nSPS) is 10.5. The van der Waals surface area contributed by atoms with Crippen LogP contribution in [0.3, 0.4) is 0 Å². The number of aryl methyl sites for hydroxylation is 3. The van der Waals surface area contributed by atoms with Crippen LogP contribution in [0.4, 0.5) is 0 Å². The number of aliphatic carboxylic acids is 1. The van der Waals surface area contributed by atoms with E-state index in [4.69, 9.17) is 5.11 Å². The van der Waals surface area contributed by atoms with Gasteiger partial charge in [-0.05, 0) is 25.8 Å². The van der Waals surface area contributed by atoms with Gasteiger partial charge in [0.05, 0.1) is 12.7 Å². The summed E-state index contributed by atoms with van der Waals surface area (Å²) in [7, 11) is 0. The molecule has 0 unspecified atom stereocenters. The fraction of sp³-hybridized carbons (Fsp3) is 0.375. The number of rotatable bonds is 7. The lowest BCUT2D eigenvalue weighted by atomic mass is 10.0. The molecule has 2 rings (SSSR count). The number of nitrogens with one attached hydrogen (secondary N) is 1. The van der Waals surface area contributed by atoms with Crippen LogP contribution in [0, 0.1) is 13.8 Å². The van der Waals surface area contributed by atoms with Crippen LogP contribution in [-0.4, -0.2) is 32.0 Å². The van der Waals surface area contributed by atoms with Gasteiger partial charge in [0.1, 0.15) is 12.2 Å². The van der Waals surface area contributed by atoms with Crippen molar-refractivity contribution >= 4 is 11.9 Å². The standard InChI is InChI=1S/C16H20N4O3/c1-11-5-12(2)7-13(6-11)3-4-15(21)17-8-14-9-20(19-18-14)10-16(22)23/h5-7,9H,3-4,8,10H2,1-2H3,(H,17,21)(H,22,23). The third kappa shape index (κ3) is 5.54. The van der Waals surface area contributed by atoms with Gasteiger partial charge in [0.2, 0.25) is 5.91 Å². The second-order valence-electron chi connectivity index (χ2n) is 5.57. The van der Waals surface area contributed by atoms with Crippen LogP contribution in [0.5, 0.6) is 0 Å². The zero-order chi connectivity index (χ0) is 16.8. The average molecular weight is 316 g/mol. The Hall–Kier alpha value is -2.70. The number of carboxylic acid groups (broad SMARTS) is 1. The Morgan fingerprint density at radius 2 is 1.91 bits per heavy atom. The van der Waals surface area contributed by atoms with Gasteiger partial charge in [0, 0.05) is 6.42 Å². The monoisotopic (exact) mass is 316 g/mol. The van der Waals surface area contributed by atoms with Crippen LogP contribution < -0.4 is 5.32 Å². The van der Waals surface area contributed by atoms with E-state index in [0.717, 1.165) is 5.56 Å². The molecule has 0 spiro atoms. The highest BCUT2D eigenvalue weighted by atomic mass is 16.4. The molecule has 1 heterocycles. The van der Waals surface area contributed by atoms with E-state index in [1.807, 2.05) is 13.8 Å². The van der Waals surface area contributed by atoms with Crippen molar-refractivity contribution in [3.63, 3.8) is 0 Å². The molecule has 1 amide bonds. The lowest BCUT2D eigenvalue weighted by Crippen LogP contribution is -2.23. The van der Waals surface area contributed by atoms with Crippen molar-refractivity contribution in [3.8, 4) is 0 Å². The van der Waals surface area contributed by atoms with Crippen molar-refractivity contribution < 1.29 is 14.7 Å². The van der Waals surface area contributed by atoms with Gasteiger partial charge < -0.3 is 10.4 Å². The summed E-state index contributed by atoms with van der Waals surface area (Å²) in [5.41, 5.74) is 4.06. The zero-order valence-corrected chi connectivity index (χ0v) is 13.2. The van der Waals surface area contributed by atoms with Gasteiger partial charge in [0.25, 0.3) is 0 Å². The maximum absolute atomic E-state index is 11.9. The second kappa shape index (κ2) is 7.53. The van der Waals surface area contributed by atoms with Crippen molar-refractivity contribution in [1.29, 1.82) is 0 Å². The molecule has 23 heavy (non-hydrogen) atoms. The predicted octanol–water partition coefficient (Wildman–Crippen LogP) is 1.23. The van der Waals surface area contributed by atoms with E-state index < -0.39 is 5.97 Å². The summed E-state index contributed by atoms with van der Waals surface area (Å²) in [6.07, 6.45) is 2.59. The number of benzene rings is 1. The second-order valence-corrected chi connectivity index (χ2v) is 5.57. The van der Waals surface area contributed by atoms with Gasteiger partial charge in [0.15, 0.2) is 0 Å². The first-order valence-electron chi connectivity index (χ1n) is 7.37. The Morgan fingerprint density at radius 3 is 2.57 bits per heavy atom. The Bertz CT molecular complexity index is 689. The predicted molar refractivity (Wildman–Crippen MR) is 83.7 cm³/mol. The number of carbonyl (C=O) groups is 2. The van der Waals surface area contributed by atoms with Crippen molar-refractivity contribution in [2.24, 2.45) is 0 Å². The highest BCUT2D eigenvalue weighted by Crippen LogP contribution is 2.10. The molecule has 0 saturated heterocycles. The van der Waals surface area contributed by atoms with Gasteiger partial charge in [-0.2, -0.15) is 0 Å². The lowest BCUT2D eigenvalue weighted by molar-refractivity contribution is -0.138. The van der Waals surface area contributed by atoms with Gasteiger partial charge in [-0.1, -0.05) is 34.5 Å². The SMILES string of the molecule is Cc1cc(C)cc(CCC(=O)NCc2cn(CC(=O)O)nn2)c1. The largest absolute Gasteiger partial charge is 0.480 e. The van der Waals surface area contributed by atoms with E-state index in [9.17, 15) is 9.59 Å². The minimum Gasteiger partial charge on any atom is -0.480 e. The molecule has 122 valence electrons. The molecule has 0 aliphatic heterocycles. The van der Waals surface area contributed by atoms with Crippen LogP contribution >= 0.6 is 0 Å². The molecular weight excluding hydrogens is 296 g/mol. The van der Waals surface area contributed by atoms with Crippen molar-refractivity contribution in [1.82, 2.24) is 20.3 Å². The highest BCUT2D eigenvalue weighted by Gasteiger charge is 2.07. The van der Waals surface area contributed by atoms with E-state index in [0.29, 0.717) is 18.5 Å². The van der Waals surface area contributed by atoms with Crippen molar-refractivity contribution in [2.75, 3.05) is 0 Å². The first kappa shape index (κ1) is 16.7. The third-order valence-electron chi connectivity index (χ3n) is 3.27. The Balaban J connectivity index is 1.78. The topological polar surface area (TPSA) is 97.1 Å². The molecule has 0 aliphatic rings. The molecule has 7 nitrogen and oxygen atoms in total. The summed E-state index contributed by atoms with van der Waals surface area (Å²) in [5.74, 6) is -1.06. The van der Waals surface area contributed by atoms with E-state index in [-0.39, 0.29) is 19.0 Å². The molecule has 2 N–H and O–H groups in total. The minimum absolute atomic E-state index is 0.0723. The van der Waals surface area contributed by atoms with Crippen LogP contribution in [0.1, 0.15) is 28.8 Å².